The third kappa shape index (κ3) is 1.77. The number of carbonyl (C=O) groups excluding carboxylic acids is 1. The van der Waals surface area contributed by atoms with Crippen LogP contribution in [0.15, 0.2) is 0 Å². The lowest BCUT2D eigenvalue weighted by Crippen LogP contribution is -2.45. The van der Waals surface area contributed by atoms with Gasteiger partial charge in [0, 0.05) is 32.9 Å². The average molecular weight is 167 g/mol. The molecule has 66 valence electrons. The monoisotopic (exact) mass is 167 g/mol. The molecule has 1 rings (SSSR count). The minimum atomic E-state index is -0.980. The van der Waals surface area contributed by atoms with Crippen molar-refractivity contribution in [3.63, 3.8) is 0 Å². The summed E-state index contributed by atoms with van der Waals surface area (Å²) in [6.07, 6.45) is 6.13. The first-order valence-corrected chi connectivity index (χ1v) is 4.03. The van der Waals surface area contributed by atoms with E-state index in [1.807, 2.05) is 0 Å². The highest BCUT2D eigenvalue weighted by molar-refractivity contribution is 5.73. The predicted molar refractivity (Wildman–Crippen MR) is 45.3 cm³/mol. The lowest BCUT2D eigenvalue weighted by atomic mass is 9.92. The summed E-state index contributed by atoms with van der Waals surface area (Å²) in [5.74, 6) is 2.41. The van der Waals surface area contributed by atoms with E-state index in [1.165, 1.54) is 6.92 Å². The number of aliphatic hydroxyl groups is 1. The number of nitrogens with zero attached hydrogens (tertiary/aromatic N) is 1. The maximum Gasteiger partial charge on any atom is 0.219 e. The Morgan fingerprint density at radius 3 is 2.42 bits per heavy atom. The van der Waals surface area contributed by atoms with Crippen molar-refractivity contribution < 1.29 is 9.90 Å². The van der Waals surface area contributed by atoms with Crippen LogP contribution in [-0.4, -0.2) is 34.6 Å². The molecule has 3 heteroatoms. The number of rotatable bonds is 0. The van der Waals surface area contributed by atoms with E-state index in [0.29, 0.717) is 25.9 Å². The Hall–Kier alpha value is -1.01. The summed E-state index contributed by atoms with van der Waals surface area (Å²) < 4.78 is 0. The van der Waals surface area contributed by atoms with Crippen LogP contribution in [0.1, 0.15) is 19.8 Å². The fraction of sp³-hybridized carbons (Fsp3) is 0.667. The van der Waals surface area contributed by atoms with Gasteiger partial charge >= 0.3 is 0 Å². The van der Waals surface area contributed by atoms with Gasteiger partial charge in [-0.05, 0) is 0 Å². The maximum atomic E-state index is 10.9. The molecule has 1 heterocycles. The zero-order chi connectivity index (χ0) is 9.19. The molecule has 1 aliphatic rings. The fourth-order valence-corrected chi connectivity index (χ4v) is 1.34. The summed E-state index contributed by atoms with van der Waals surface area (Å²) in [5.41, 5.74) is -0.980. The highest BCUT2D eigenvalue weighted by Gasteiger charge is 2.30. The van der Waals surface area contributed by atoms with Gasteiger partial charge in [-0.15, -0.1) is 6.42 Å². The summed E-state index contributed by atoms with van der Waals surface area (Å²) in [4.78, 5) is 12.6. The Morgan fingerprint density at radius 1 is 1.58 bits per heavy atom. The van der Waals surface area contributed by atoms with Crippen molar-refractivity contribution in [3.8, 4) is 12.3 Å². The minimum Gasteiger partial charge on any atom is -0.377 e. The first-order valence-electron chi connectivity index (χ1n) is 4.03. The van der Waals surface area contributed by atoms with Crippen LogP contribution in [0.25, 0.3) is 0 Å². The maximum absolute atomic E-state index is 10.9. The molecule has 1 saturated heterocycles. The third-order valence-electron chi connectivity index (χ3n) is 2.30. The van der Waals surface area contributed by atoms with Gasteiger partial charge in [-0.2, -0.15) is 0 Å². The van der Waals surface area contributed by atoms with E-state index in [9.17, 15) is 9.90 Å². The summed E-state index contributed by atoms with van der Waals surface area (Å²) in [7, 11) is 0. The average Bonchev–Trinajstić information content (AvgIpc) is 2.05. The SMILES string of the molecule is C#CC1(O)CCN(C(C)=O)CC1. The highest BCUT2D eigenvalue weighted by Crippen LogP contribution is 2.20. The molecule has 0 aromatic heterocycles. The van der Waals surface area contributed by atoms with E-state index in [2.05, 4.69) is 5.92 Å². The Balaban J connectivity index is 2.51. The molecule has 0 aromatic carbocycles. The summed E-state index contributed by atoms with van der Waals surface area (Å²) in [5, 5.41) is 9.61. The number of terminal acetylenes is 1. The molecule has 0 unspecified atom stereocenters. The van der Waals surface area contributed by atoms with Gasteiger partial charge in [-0.25, -0.2) is 0 Å². The predicted octanol–water partition coefficient (Wildman–Crippen LogP) is -0.00700. The van der Waals surface area contributed by atoms with Crippen molar-refractivity contribution in [3.05, 3.63) is 0 Å². The molecule has 0 aromatic rings. The minimum absolute atomic E-state index is 0.0501. The molecule has 0 spiro atoms. The summed E-state index contributed by atoms with van der Waals surface area (Å²) in [6, 6.07) is 0. The molecule has 0 atom stereocenters. The standard InChI is InChI=1S/C9H13NO2/c1-3-9(12)4-6-10(7-5-9)8(2)11/h1,12H,4-7H2,2H3. The Kier molecular flexibility index (Phi) is 2.39. The lowest BCUT2D eigenvalue weighted by Gasteiger charge is -2.34. The number of piperidine rings is 1. The van der Waals surface area contributed by atoms with Crippen LogP contribution in [0.4, 0.5) is 0 Å². The van der Waals surface area contributed by atoms with Crippen molar-refractivity contribution in [2.45, 2.75) is 25.4 Å². The van der Waals surface area contributed by atoms with Crippen LogP contribution in [0.2, 0.25) is 0 Å². The second-order valence-electron chi connectivity index (χ2n) is 3.18. The van der Waals surface area contributed by atoms with Gasteiger partial charge < -0.3 is 10.0 Å². The normalized spacial score (nSPS) is 21.6. The van der Waals surface area contributed by atoms with E-state index in [0.717, 1.165) is 0 Å². The first-order chi connectivity index (χ1) is 5.57. The van der Waals surface area contributed by atoms with E-state index >= 15 is 0 Å². The number of amides is 1. The molecule has 12 heavy (non-hydrogen) atoms. The van der Waals surface area contributed by atoms with E-state index < -0.39 is 5.60 Å². The van der Waals surface area contributed by atoms with Crippen LogP contribution in [0.5, 0.6) is 0 Å². The largest absolute Gasteiger partial charge is 0.377 e. The fourth-order valence-electron chi connectivity index (χ4n) is 1.34. The molecule has 3 nitrogen and oxygen atoms in total. The van der Waals surface area contributed by atoms with Crippen LogP contribution in [0.3, 0.4) is 0 Å². The number of hydrogen-bond acceptors (Lipinski definition) is 2. The molecular formula is C9H13NO2. The highest BCUT2D eigenvalue weighted by atomic mass is 16.3. The molecule has 1 aliphatic heterocycles. The van der Waals surface area contributed by atoms with Gasteiger partial charge in [0.05, 0.1) is 0 Å². The van der Waals surface area contributed by atoms with Crippen molar-refractivity contribution in [1.82, 2.24) is 4.90 Å². The quantitative estimate of drug-likeness (QED) is 0.516. The van der Waals surface area contributed by atoms with Crippen LogP contribution >= 0.6 is 0 Å². The van der Waals surface area contributed by atoms with E-state index in [-0.39, 0.29) is 5.91 Å². The van der Waals surface area contributed by atoms with Crippen molar-refractivity contribution in [2.24, 2.45) is 0 Å². The summed E-state index contributed by atoms with van der Waals surface area (Å²) in [6.45, 7) is 2.66. The van der Waals surface area contributed by atoms with Gasteiger partial charge in [-0.1, -0.05) is 5.92 Å². The molecule has 1 fully saturated rings. The first kappa shape index (κ1) is 9.08. The van der Waals surface area contributed by atoms with Gasteiger partial charge in [0.15, 0.2) is 0 Å². The molecule has 0 radical (unpaired) electrons. The topological polar surface area (TPSA) is 40.5 Å². The Bertz CT molecular complexity index is 221. The van der Waals surface area contributed by atoms with Crippen molar-refractivity contribution in [1.29, 1.82) is 0 Å². The zero-order valence-electron chi connectivity index (χ0n) is 7.21. The zero-order valence-corrected chi connectivity index (χ0v) is 7.21. The van der Waals surface area contributed by atoms with Crippen molar-refractivity contribution >= 4 is 5.91 Å². The van der Waals surface area contributed by atoms with Gasteiger partial charge in [0.2, 0.25) is 5.91 Å². The summed E-state index contributed by atoms with van der Waals surface area (Å²) >= 11 is 0. The lowest BCUT2D eigenvalue weighted by molar-refractivity contribution is -0.131. The number of hydrogen-bond donors (Lipinski definition) is 1. The third-order valence-corrected chi connectivity index (χ3v) is 2.30. The molecule has 0 saturated carbocycles. The van der Waals surface area contributed by atoms with Crippen LogP contribution in [-0.2, 0) is 4.79 Å². The second-order valence-corrected chi connectivity index (χ2v) is 3.18. The van der Waals surface area contributed by atoms with Crippen LogP contribution < -0.4 is 0 Å². The van der Waals surface area contributed by atoms with E-state index in [4.69, 9.17) is 6.42 Å². The number of likely N-dealkylation sites (tertiary alicyclic amines) is 1. The second kappa shape index (κ2) is 3.16. The molecule has 0 aliphatic carbocycles. The van der Waals surface area contributed by atoms with Gasteiger partial charge in [0.25, 0.3) is 0 Å². The molecule has 1 amide bonds. The molecule has 0 bridgehead atoms. The van der Waals surface area contributed by atoms with Gasteiger partial charge in [0.1, 0.15) is 5.60 Å². The molecular weight excluding hydrogens is 154 g/mol. The molecule has 1 N–H and O–H groups in total. The van der Waals surface area contributed by atoms with Gasteiger partial charge in [-0.3, -0.25) is 4.79 Å². The smallest absolute Gasteiger partial charge is 0.219 e. The Morgan fingerprint density at radius 2 is 2.08 bits per heavy atom. The van der Waals surface area contributed by atoms with Crippen LogP contribution in [0, 0.1) is 12.3 Å². The van der Waals surface area contributed by atoms with E-state index in [1.54, 1.807) is 4.90 Å². The van der Waals surface area contributed by atoms with Crippen molar-refractivity contribution in [2.75, 3.05) is 13.1 Å². The number of carbonyl (C=O) groups is 1. The Labute approximate surface area is 72.4 Å².